The number of ether oxygens (including phenoxy) is 1. The van der Waals surface area contributed by atoms with E-state index in [1.807, 2.05) is 33.3 Å². The molecule has 0 spiro atoms. The topological polar surface area (TPSA) is 114 Å². The number of allylic oxidation sites excluding steroid dienone is 13. The van der Waals surface area contributed by atoms with E-state index in [1.54, 1.807) is 0 Å². The van der Waals surface area contributed by atoms with Crippen molar-refractivity contribution in [3.63, 3.8) is 0 Å². The van der Waals surface area contributed by atoms with Gasteiger partial charge >= 0.3 is 5.97 Å². The Labute approximate surface area is 488 Å². The molecule has 79 heavy (non-hydrogen) atoms. The van der Waals surface area contributed by atoms with Crippen LogP contribution in [0.15, 0.2) is 85.1 Å². The number of carbonyl (C=O) groups excluding carboxylic acids is 2. The molecule has 0 aliphatic carbocycles. The molecule has 0 rings (SSSR count). The van der Waals surface area contributed by atoms with Crippen molar-refractivity contribution in [3.05, 3.63) is 85.1 Å². The monoisotopic (exact) mass is 1120 g/mol. The molecule has 0 saturated heterocycles. The lowest BCUT2D eigenvalue weighted by atomic mass is 10.0. The number of hydrogen-bond acceptors (Lipinski definition) is 7. The van der Waals surface area contributed by atoms with Crippen LogP contribution in [0.1, 0.15) is 290 Å². The van der Waals surface area contributed by atoms with Gasteiger partial charge in [-0.1, -0.05) is 280 Å². The molecular formula is C69H125N2O7P. The van der Waals surface area contributed by atoms with Crippen molar-refractivity contribution in [1.82, 2.24) is 5.32 Å². The van der Waals surface area contributed by atoms with Gasteiger partial charge in [-0.05, 0) is 83.1 Å². The first kappa shape index (κ1) is 76.2. The first-order valence-electron chi connectivity index (χ1n) is 32.9. The number of quaternary nitrogens is 1. The van der Waals surface area contributed by atoms with Gasteiger partial charge in [-0.15, -0.1) is 0 Å². The van der Waals surface area contributed by atoms with E-state index in [1.165, 1.54) is 135 Å². The molecule has 0 aliphatic rings. The molecule has 0 saturated carbocycles. The highest BCUT2D eigenvalue weighted by Crippen LogP contribution is 2.38. The van der Waals surface area contributed by atoms with E-state index in [9.17, 15) is 19.0 Å². The fraction of sp³-hybridized carbons (Fsp3) is 0.768. The lowest BCUT2D eigenvalue weighted by Gasteiger charge is -2.30. The number of unbranched alkanes of at least 4 members (excludes halogenated alkanes) is 31. The van der Waals surface area contributed by atoms with Gasteiger partial charge in [0.2, 0.25) is 5.91 Å². The van der Waals surface area contributed by atoms with Gasteiger partial charge in [-0.3, -0.25) is 14.2 Å². The Morgan fingerprint density at radius 2 is 0.810 bits per heavy atom. The fourth-order valence-corrected chi connectivity index (χ4v) is 10.0. The molecule has 9 nitrogen and oxygen atoms in total. The number of likely N-dealkylation sites (N-methyl/N-ethyl adjacent to an activating group) is 1. The molecular weight excluding hydrogens is 1000 g/mol. The summed E-state index contributed by atoms with van der Waals surface area (Å²) >= 11 is 0. The number of nitrogens with zero attached hydrogens (tertiary/aromatic N) is 1. The second kappa shape index (κ2) is 58.4. The quantitative estimate of drug-likeness (QED) is 0.0212. The number of phosphoric acid groups is 1. The van der Waals surface area contributed by atoms with Gasteiger partial charge < -0.3 is 28.5 Å². The van der Waals surface area contributed by atoms with Crippen LogP contribution >= 0.6 is 7.82 Å². The average Bonchev–Trinajstić information content (AvgIpc) is 3.41. The van der Waals surface area contributed by atoms with Gasteiger partial charge in [-0.25, -0.2) is 0 Å². The highest BCUT2D eigenvalue weighted by Gasteiger charge is 2.27. The van der Waals surface area contributed by atoms with Gasteiger partial charge in [0.25, 0.3) is 7.82 Å². The summed E-state index contributed by atoms with van der Waals surface area (Å²) in [6.07, 6.45) is 76.9. The maximum absolute atomic E-state index is 13.5. The van der Waals surface area contributed by atoms with E-state index in [0.29, 0.717) is 23.9 Å². The van der Waals surface area contributed by atoms with Crippen molar-refractivity contribution in [1.29, 1.82) is 0 Å². The summed E-state index contributed by atoms with van der Waals surface area (Å²) < 4.78 is 30.4. The predicted octanol–water partition coefficient (Wildman–Crippen LogP) is 19.9. The third kappa shape index (κ3) is 59.6. The number of nitrogens with one attached hydrogen (secondary N) is 1. The summed E-state index contributed by atoms with van der Waals surface area (Å²) in [6, 6.07) is -0.896. The zero-order chi connectivity index (χ0) is 57.9. The van der Waals surface area contributed by atoms with Crippen LogP contribution in [0, 0.1) is 0 Å². The summed E-state index contributed by atoms with van der Waals surface area (Å²) in [6.45, 7) is 6.74. The smallest absolute Gasteiger partial charge is 0.306 e. The van der Waals surface area contributed by atoms with Crippen molar-refractivity contribution in [2.24, 2.45) is 0 Å². The van der Waals surface area contributed by atoms with E-state index in [4.69, 9.17) is 13.8 Å². The van der Waals surface area contributed by atoms with E-state index in [-0.39, 0.29) is 24.9 Å². The van der Waals surface area contributed by atoms with Crippen molar-refractivity contribution in [2.75, 3.05) is 40.9 Å². The highest BCUT2D eigenvalue weighted by molar-refractivity contribution is 7.45. The van der Waals surface area contributed by atoms with Crippen LogP contribution in [-0.4, -0.2) is 69.4 Å². The third-order valence-electron chi connectivity index (χ3n) is 14.3. The lowest BCUT2D eigenvalue weighted by molar-refractivity contribution is -0.870. The normalized spacial score (nSPS) is 14.2. The van der Waals surface area contributed by atoms with E-state index < -0.39 is 26.6 Å². The fourth-order valence-electron chi connectivity index (χ4n) is 9.29. The molecule has 458 valence electrons. The second-order valence-corrected chi connectivity index (χ2v) is 24.7. The van der Waals surface area contributed by atoms with Crippen molar-refractivity contribution in [3.8, 4) is 0 Å². The third-order valence-corrected chi connectivity index (χ3v) is 15.3. The minimum absolute atomic E-state index is 0.0265. The molecule has 0 aromatic rings. The van der Waals surface area contributed by atoms with E-state index >= 15 is 0 Å². The number of hydrogen-bond donors (Lipinski definition) is 1. The summed E-state index contributed by atoms with van der Waals surface area (Å²) in [7, 11) is 1.18. The molecule has 0 aliphatic heterocycles. The predicted molar refractivity (Wildman–Crippen MR) is 339 cm³/mol. The molecule has 0 radical (unpaired) electrons. The Balaban J connectivity index is 5.21. The Kier molecular flexibility index (Phi) is 56.3. The number of carbonyl (C=O) groups is 2. The van der Waals surface area contributed by atoms with Crippen LogP contribution < -0.4 is 10.2 Å². The van der Waals surface area contributed by atoms with Gasteiger partial charge in [0.05, 0.1) is 33.8 Å². The summed E-state index contributed by atoms with van der Waals surface area (Å²) in [5, 5.41) is 3.03. The first-order valence-corrected chi connectivity index (χ1v) is 34.4. The van der Waals surface area contributed by atoms with Crippen molar-refractivity contribution < 1.29 is 37.3 Å². The molecule has 0 aromatic carbocycles. The molecule has 0 bridgehead atoms. The van der Waals surface area contributed by atoms with Crippen molar-refractivity contribution in [2.45, 2.75) is 303 Å². The minimum Gasteiger partial charge on any atom is -0.756 e. The number of amides is 1. The highest BCUT2D eigenvalue weighted by atomic mass is 31.2. The summed E-state index contributed by atoms with van der Waals surface area (Å²) in [4.78, 5) is 40.1. The van der Waals surface area contributed by atoms with Crippen molar-refractivity contribution >= 4 is 19.7 Å². The van der Waals surface area contributed by atoms with Crippen LogP contribution in [0.25, 0.3) is 0 Å². The Bertz CT molecular complexity index is 1630. The molecule has 10 heteroatoms. The van der Waals surface area contributed by atoms with Gasteiger partial charge in [0.1, 0.15) is 19.3 Å². The van der Waals surface area contributed by atoms with Crippen LogP contribution in [0.4, 0.5) is 0 Å². The van der Waals surface area contributed by atoms with Crippen LogP contribution in [-0.2, 0) is 27.9 Å². The van der Waals surface area contributed by atoms with Gasteiger partial charge in [-0.2, -0.15) is 0 Å². The first-order chi connectivity index (χ1) is 38.4. The zero-order valence-electron chi connectivity index (χ0n) is 52.3. The van der Waals surface area contributed by atoms with Crippen LogP contribution in [0.5, 0.6) is 0 Å². The molecule has 1 N–H and O–H groups in total. The molecule has 3 unspecified atom stereocenters. The minimum atomic E-state index is -4.71. The second-order valence-electron chi connectivity index (χ2n) is 23.2. The number of esters is 1. The number of phosphoric ester groups is 1. The molecule has 3 atom stereocenters. The maximum Gasteiger partial charge on any atom is 0.306 e. The SMILES string of the molecule is CC/C=C\C/C=C\C/C=C\C/C=C\C/C=C\C/C=C\CCCCCCCCC(=O)OC(/C=C/CCCCCCCCCCCCC)C(COP(=O)([O-])OCC[N+](C)(C)C)NC(=O)CCCCCCCCCCCCCCCCC. The standard InChI is InChI=1S/C69H125N2O7P/c1-7-10-13-16-19-22-25-28-30-31-32-33-34-35-36-37-38-39-41-44-47-50-53-56-59-62-69(73)78-67(60-57-54-51-48-45-42-27-24-21-18-15-12-9-3)66(65-77-79(74,75)76-64-63-71(4,5)6)70-68(72)61-58-55-52-49-46-43-40-29-26-23-20-17-14-11-8-2/h10,13,19,22,28,30,32-33,35-36,38-39,57,60,66-67H,7-9,11-12,14-18,20-21,23-27,29,31,34,37,40-56,58-59,61-65H2,1-6H3,(H-,70,72,74,75)/b13-10-,22-19-,30-28-,33-32-,36-35-,39-38-,60-57+. The van der Waals surface area contributed by atoms with E-state index in [2.05, 4.69) is 99.0 Å². The Morgan fingerprint density at radius 1 is 0.456 bits per heavy atom. The molecule has 0 fully saturated rings. The maximum atomic E-state index is 13.5. The van der Waals surface area contributed by atoms with Crippen LogP contribution in [0.2, 0.25) is 0 Å². The summed E-state index contributed by atoms with van der Waals surface area (Å²) in [5.41, 5.74) is 0. The molecule has 0 aromatic heterocycles. The molecule has 1 amide bonds. The van der Waals surface area contributed by atoms with Crippen LogP contribution in [0.3, 0.4) is 0 Å². The Morgan fingerprint density at radius 3 is 1.22 bits per heavy atom. The number of rotatable bonds is 59. The molecule has 0 heterocycles. The average molecular weight is 1130 g/mol. The summed E-state index contributed by atoms with van der Waals surface area (Å²) in [5.74, 6) is -0.552. The largest absolute Gasteiger partial charge is 0.756 e. The van der Waals surface area contributed by atoms with Gasteiger partial charge in [0.15, 0.2) is 0 Å². The lowest BCUT2D eigenvalue weighted by Crippen LogP contribution is -2.47. The van der Waals surface area contributed by atoms with Gasteiger partial charge in [0, 0.05) is 12.8 Å². The zero-order valence-corrected chi connectivity index (χ0v) is 53.2. The Hall–Kier alpha value is -2.81. The van der Waals surface area contributed by atoms with E-state index in [0.717, 1.165) is 116 Å².